The Balaban J connectivity index is 2.44. The summed E-state index contributed by atoms with van der Waals surface area (Å²) in [5.41, 5.74) is 9.20. The lowest BCUT2D eigenvalue weighted by molar-refractivity contribution is 0.220. The summed E-state index contributed by atoms with van der Waals surface area (Å²) in [6.07, 6.45) is -0.677. The first kappa shape index (κ1) is 12.1. The number of benzene rings is 2. The lowest BCUT2D eigenvalue weighted by Crippen LogP contribution is -2.05. The summed E-state index contributed by atoms with van der Waals surface area (Å²) in [4.78, 5) is 0. The van der Waals surface area contributed by atoms with Crippen molar-refractivity contribution < 1.29 is 5.11 Å². The van der Waals surface area contributed by atoms with Gasteiger partial charge in [-0.2, -0.15) is 0 Å². The lowest BCUT2D eigenvalue weighted by atomic mass is 9.96. The normalized spacial score (nSPS) is 12.4. The molecule has 1 atom stereocenters. The van der Waals surface area contributed by atoms with E-state index in [0.29, 0.717) is 5.69 Å². The maximum atomic E-state index is 10.3. The summed E-state index contributed by atoms with van der Waals surface area (Å²) < 4.78 is 0.913. The first-order chi connectivity index (χ1) is 8.09. The van der Waals surface area contributed by atoms with Crippen LogP contribution in [0.15, 0.2) is 46.9 Å². The third-order valence-corrected chi connectivity index (χ3v) is 3.32. The fraction of sp³-hybridized carbons (Fsp3) is 0.143. The summed E-state index contributed by atoms with van der Waals surface area (Å²) in [6.45, 7) is 1.98. The maximum absolute atomic E-state index is 10.3. The van der Waals surface area contributed by atoms with Crippen molar-refractivity contribution in [3.63, 3.8) is 0 Å². The van der Waals surface area contributed by atoms with Gasteiger partial charge in [-0.25, -0.2) is 0 Å². The lowest BCUT2D eigenvalue weighted by Gasteiger charge is -2.16. The van der Waals surface area contributed by atoms with E-state index in [1.165, 1.54) is 0 Å². The van der Waals surface area contributed by atoms with E-state index in [-0.39, 0.29) is 0 Å². The molecule has 0 aliphatic rings. The molecular weight excluding hydrogens is 278 g/mol. The molecule has 0 radical (unpaired) electrons. The van der Waals surface area contributed by atoms with Crippen molar-refractivity contribution in [2.75, 3.05) is 5.73 Å². The van der Waals surface area contributed by atoms with Gasteiger partial charge in [-0.15, -0.1) is 0 Å². The van der Waals surface area contributed by atoms with Gasteiger partial charge in [0, 0.05) is 15.7 Å². The number of hydrogen-bond acceptors (Lipinski definition) is 2. The second-order valence-corrected chi connectivity index (χ2v) is 4.95. The Labute approximate surface area is 109 Å². The molecule has 0 aliphatic carbocycles. The van der Waals surface area contributed by atoms with Crippen LogP contribution in [0.25, 0.3) is 0 Å². The van der Waals surface area contributed by atoms with E-state index in [9.17, 15) is 5.11 Å². The molecule has 2 aromatic carbocycles. The van der Waals surface area contributed by atoms with E-state index < -0.39 is 6.10 Å². The highest BCUT2D eigenvalue weighted by molar-refractivity contribution is 9.10. The van der Waals surface area contributed by atoms with Crippen molar-refractivity contribution in [1.29, 1.82) is 0 Å². The minimum absolute atomic E-state index is 0.593. The molecule has 88 valence electrons. The van der Waals surface area contributed by atoms with Gasteiger partial charge in [0.05, 0.1) is 0 Å². The first-order valence-corrected chi connectivity index (χ1v) is 6.17. The minimum atomic E-state index is -0.677. The molecule has 1 unspecified atom stereocenters. The first-order valence-electron chi connectivity index (χ1n) is 5.38. The van der Waals surface area contributed by atoms with E-state index in [4.69, 9.17) is 5.73 Å². The van der Waals surface area contributed by atoms with Crippen LogP contribution in [-0.2, 0) is 0 Å². The van der Waals surface area contributed by atoms with Crippen LogP contribution in [0.2, 0.25) is 0 Å². The molecule has 2 aromatic rings. The molecular formula is C14H14BrNO. The van der Waals surface area contributed by atoms with Crippen LogP contribution in [-0.4, -0.2) is 5.11 Å². The molecule has 3 N–H and O–H groups in total. The number of aliphatic hydroxyl groups is 1. The highest BCUT2D eigenvalue weighted by Gasteiger charge is 2.15. The Kier molecular flexibility index (Phi) is 3.50. The van der Waals surface area contributed by atoms with Gasteiger partial charge in [-0.1, -0.05) is 46.3 Å². The Hall–Kier alpha value is -1.32. The number of rotatable bonds is 2. The number of anilines is 1. The summed E-state index contributed by atoms with van der Waals surface area (Å²) in [5.74, 6) is 0. The van der Waals surface area contributed by atoms with Crippen LogP contribution in [0.3, 0.4) is 0 Å². The van der Waals surface area contributed by atoms with Crippen LogP contribution >= 0.6 is 15.9 Å². The zero-order valence-electron chi connectivity index (χ0n) is 9.52. The number of halogens is 1. The molecule has 0 heterocycles. The van der Waals surface area contributed by atoms with E-state index >= 15 is 0 Å². The molecule has 2 nitrogen and oxygen atoms in total. The van der Waals surface area contributed by atoms with Gasteiger partial charge in [0.1, 0.15) is 6.10 Å². The molecule has 0 saturated carbocycles. The van der Waals surface area contributed by atoms with Gasteiger partial charge in [0.2, 0.25) is 0 Å². The predicted octanol–water partition coefficient (Wildman–Crippen LogP) is 3.42. The third-order valence-electron chi connectivity index (χ3n) is 2.83. The standard InChI is InChI=1S/C14H14BrNO/c1-9-4-2-3-5-11(9)14(17)12-7-6-10(15)8-13(12)16/h2-8,14,17H,16H2,1H3. The Morgan fingerprint density at radius 3 is 2.47 bits per heavy atom. The van der Waals surface area contributed by atoms with Gasteiger partial charge < -0.3 is 10.8 Å². The monoisotopic (exact) mass is 291 g/mol. The van der Waals surface area contributed by atoms with Crippen molar-refractivity contribution in [3.8, 4) is 0 Å². The molecule has 17 heavy (non-hydrogen) atoms. The van der Waals surface area contributed by atoms with Crippen LogP contribution in [0.4, 0.5) is 5.69 Å². The van der Waals surface area contributed by atoms with Gasteiger partial charge in [0.15, 0.2) is 0 Å². The maximum Gasteiger partial charge on any atom is 0.106 e. The Morgan fingerprint density at radius 2 is 1.82 bits per heavy atom. The molecule has 3 heteroatoms. The van der Waals surface area contributed by atoms with Gasteiger partial charge in [-0.3, -0.25) is 0 Å². The van der Waals surface area contributed by atoms with Crippen LogP contribution < -0.4 is 5.73 Å². The second kappa shape index (κ2) is 4.90. The van der Waals surface area contributed by atoms with Crippen LogP contribution in [0, 0.1) is 6.92 Å². The zero-order chi connectivity index (χ0) is 12.4. The SMILES string of the molecule is Cc1ccccc1C(O)c1ccc(Br)cc1N. The summed E-state index contributed by atoms with van der Waals surface area (Å²) in [5, 5.41) is 10.3. The quantitative estimate of drug-likeness (QED) is 0.833. The number of nitrogen functional groups attached to an aromatic ring is 1. The van der Waals surface area contributed by atoms with Crippen molar-refractivity contribution in [2.45, 2.75) is 13.0 Å². The number of nitrogens with two attached hydrogens (primary N) is 1. The summed E-state index contributed by atoms with van der Waals surface area (Å²) in [6, 6.07) is 13.3. The third kappa shape index (κ3) is 2.51. The van der Waals surface area contributed by atoms with E-state index in [1.54, 1.807) is 6.07 Å². The van der Waals surface area contributed by atoms with E-state index in [2.05, 4.69) is 15.9 Å². The Bertz CT molecular complexity index is 539. The zero-order valence-corrected chi connectivity index (χ0v) is 11.1. The highest BCUT2D eigenvalue weighted by atomic mass is 79.9. The van der Waals surface area contributed by atoms with Gasteiger partial charge in [0.25, 0.3) is 0 Å². The average molecular weight is 292 g/mol. The van der Waals surface area contributed by atoms with E-state index in [1.807, 2.05) is 43.3 Å². The van der Waals surface area contributed by atoms with Crippen LogP contribution in [0.1, 0.15) is 22.8 Å². The van der Waals surface area contributed by atoms with Crippen molar-refractivity contribution >= 4 is 21.6 Å². The van der Waals surface area contributed by atoms with Crippen LogP contribution in [0.5, 0.6) is 0 Å². The average Bonchev–Trinajstić information content (AvgIpc) is 2.29. The molecule has 0 bridgehead atoms. The predicted molar refractivity (Wildman–Crippen MR) is 73.8 cm³/mol. The topological polar surface area (TPSA) is 46.2 Å². The molecule has 2 rings (SSSR count). The largest absolute Gasteiger partial charge is 0.398 e. The molecule has 0 amide bonds. The summed E-state index contributed by atoms with van der Waals surface area (Å²) >= 11 is 3.35. The van der Waals surface area contributed by atoms with Gasteiger partial charge in [-0.05, 0) is 30.2 Å². The van der Waals surface area contributed by atoms with E-state index in [0.717, 1.165) is 21.2 Å². The molecule has 0 aliphatic heterocycles. The summed E-state index contributed by atoms with van der Waals surface area (Å²) in [7, 11) is 0. The van der Waals surface area contributed by atoms with Crippen molar-refractivity contribution in [1.82, 2.24) is 0 Å². The van der Waals surface area contributed by atoms with Crippen molar-refractivity contribution in [2.24, 2.45) is 0 Å². The smallest absolute Gasteiger partial charge is 0.106 e. The number of aliphatic hydroxyl groups excluding tert-OH is 1. The number of hydrogen-bond donors (Lipinski definition) is 2. The molecule has 0 saturated heterocycles. The fourth-order valence-electron chi connectivity index (χ4n) is 1.86. The highest BCUT2D eigenvalue weighted by Crippen LogP contribution is 2.30. The molecule has 0 aromatic heterocycles. The minimum Gasteiger partial charge on any atom is -0.398 e. The molecule has 0 fully saturated rings. The second-order valence-electron chi connectivity index (χ2n) is 4.03. The van der Waals surface area contributed by atoms with Gasteiger partial charge >= 0.3 is 0 Å². The molecule has 0 spiro atoms. The van der Waals surface area contributed by atoms with Crippen molar-refractivity contribution in [3.05, 3.63) is 63.6 Å². The Morgan fingerprint density at radius 1 is 1.12 bits per heavy atom. The number of aryl methyl sites for hydroxylation is 1. The fourth-order valence-corrected chi connectivity index (χ4v) is 2.23.